The summed E-state index contributed by atoms with van der Waals surface area (Å²) < 4.78 is 50.6. The zero-order valence-corrected chi connectivity index (χ0v) is 23.9. The maximum Gasteiger partial charge on any atom is 0.416 e. The molecule has 8 nitrogen and oxygen atoms in total. The van der Waals surface area contributed by atoms with E-state index in [1.807, 2.05) is 36.4 Å². The van der Waals surface area contributed by atoms with E-state index in [0.717, 1.165) is 21.0 Å². The number of halogens is 3. The number of fused-ring (bicyclic) bond motifs is 1. The van der Waals surface area contributed by atoms with Crippen molar-refractivity contribution in [1.29, 1.82) is 0 Å². The number of nitrogens with zero attached hydrogens (tertiary/aromatic N) is 3. The minimum Gasteiger partial charge on any atom is -0.481 e. The molecule has 1 atom stereocenters. The van der Waals surface area contributed by atoms with E-state index >= 15 is 0 Å². The van der Waals surface area contributed by atoms with Crippen LogP contribution in [0, 0.1) is 0 Å². The molecule has 0 bridgehead atoms. The number of thiophene rings is 2. The van der Waals surface area contributed by atoms with Crippen LogP contribution in [0.25, 0.3) is 30.4 Å². The molecule has 1 amide bonds. The number of alkyl halides is 3. The average molecular weight is 613 g/mol. The van der Waals surface area contributed by atoms with Gasteiger partial charge >= 0.3 is 18.2 Å². The molecule has 2 aromatic carbocycles. The van der Waals surface area contributed by atoms with Crippen LogP contribution in [-0.2, 0) is 28.2 Å². The number of benzene rings is 2. The van der Waals surface area contributed by atoms with Crippen LogP contribution in [0.3, 0.4) is 0 Å². The molecule has 3 heterocycles. The molecule has 42 heavy (non-hydrogen) atoms. The van der Waals surface area contributed by atoms with Crippen LogP contribution >= 0.6 is 22.7 Å². The first-order valence-corrected chi connectivity index (χ1v) is 14.5. The molecule has 0 spiro atoms. The van der Waals surface area contributed by atoms with E-state index in [4.69, 9.17) is 4.74 Å². The van der Waals surface area contributed by atoms with Gasteiger partial charge in [-0.3, -0.25) is 10.1 Å². The minimum absolute atomic E-state index is 0.186. The SMILES string of the molecule is CC(OC(=O)Nc1c(-c2cc3sc(-c4ccc(C5(C(=O)O)CC5)c(C(F)(F)F)c4)cc3s2)nnn1C)c1ccccc1. The molecular formula is C29H23F3N4O4S2. The lowest BCUT2D eigenvalue weighted by molar-refractivity contribution is -0.142. The summed E-state index contributed by atoms with van der Waals surface area (Å²) in [6.45, 7) is 1.77. The standard InChI is InChI=1S/C29H23F3N4O4S2/c1-15(16-6-4-3-5-7-16)40-27(39)33-25-24(34-35-36(25)2)23-14-22-21(42-23)13-20(41-22)17-8-9-18(19(12-17)29(30,31)32)28(10-11-28)26(37)38/h3-9,12-15H,10-11H2,1-2H3,(H,33,39)(H,37,38). The number of carboxylic acids is 1. The summed E-state index contributed by atoms with van der Waals surface area (Å²) >= 11 is 2.68. The van der Waals surface area contributed by atoms with Gasteiger partial charge in [0.1, 0.15) is 11.8 Å². The minimum atomic E-state index is -4.69. The second-order valence-corrected chi connectivity index (χ2v) is 12.3. The largest absolute Gasteiger partial charge is 0.481 e. The second-order valence-electron chi connectivity index (χ2n) is 10.1. The molecule has 216 valence electrons. The fourth-order valence-electron chi connectivity index (χ4n) is 4.91. The van der Waals surface area contributed by atoms with E-state index < -0.39 is 35.3 Å². The first-order chi connectivity index (χ1) is 20.0. The number of amides is 1. The van der Waals surface area contributed by atoms with Crippen molar-refractivity contribution >= 4 is 50.0 Å². The Morgan fingerprint density at radius 3 is 2.36 bits per heavy atom. The number of carboxylic acid groups (broad SMARTS) is 1. The van der Waals surface area contributed by atoms with Gasteiger partial charge < -0.3 is 9.84 Å². The lowest BCUT2D eigenvalue weighted by Crippen LogP contribution is -2.24. The van der Waals surface area contributed by atoms with Gasteiger partial charge in [-0.25, -0.2) is 9.48 Å². The van der Waals surface area contributed by atoms with Gasteiger partial charge in [0.05, 0.1) is 15.9 Å². The number of hydrogen-bond acceptors (Lipinski definition) is 7. The number of ether oxygens (including phenoxy) is 1. The zero-order valence-electron chi connectivity index (χ0n) is 22.2. The molecule has 3 aromatic heterocycles. The third kappa shape index (κ3) is 5.02. The molecule has 5 aromatic rings. The normalized spacial score (nSPS) is 15.0. The third-order valence-electron chi connectivity index (χ3n) is 7.32. The van der Waals surface area contributed by atoms with Crippen molar-refractivity contribution in [2.75, 3.05) is 5.32 Å². The molecule has 1 saturated carbocycles. The summed E-state index contributed by atoms with van der Waals surface area (Å²) in [6.07, 6.45) is -5.46. The van der Waals surface area contributed by atoms with Gasteiger partial charge in [0.25, 0.3) is 0 Å². The number of carbonyl (C=O) groups excluding carboxylic acids is 1. The van der Waals surface area contributed by atoms with Crippen molar-refractivity contribution in [3.63, 3.8) is 0 Å². The first kappa shape index (κ1) is 27.9. The molecule has 1 fully saturated rings. The number of aryl methyl sites for hydroxylation is 1. The van der Waals surface area contributed by atoms with E-state index in [2.05, 4.69) is 15.6 Å². The van der Waals surface area contributed by atoms with Gasteiger partial charge in [0.15, 0.2) is 5.82 Å². The monoisotopic (exact) mass is 612 g/mol. The van der Waals surface area contributed by atoms with Gasteiger partial charge in [-0.1, -0.05) is 47.7 Å². The molecule has 1 aliphatic carbocycles. The predicted molar refractivity (Wildman–Crippen MR) is 154 cm³/mol. The van der Waals surface area contributed by atoms with Crippen molar-refractivity contribution in [2.45, 2.75) is 37.5 Å². The van der Waals surface area contributed by atoms with E-state index in [1.165, 1.54) is 33.4 Å². The summed E-state index contributed by atoms with van der Waals surface area (Å²) in [5.41, 5.74) is -0.936. The number of rotatable bonds is 7. The van der Waals surface area contributed by atoms with Crippen LogP contribution in [0.5, 0.6) is 0 Å². The van der Waals surface area contributed by atoms with Crippen molar-refractivity contribution in [2.24, 2.45) is 7.05 Å². The second kappa shape index (κ2) is 10.2. The van der Waals surface area contributed by atoms with Crippen LogP contribution in [0.15, 0.2) is 60.7 Å². The fraction of sp³-hybridized carbons (Fsp3) is 0.241. The Morgan fingerprint density at radius 1 is 1.05 bits per heavy atom. The van der Waals surface area contributed by atoms with Crippen molar-refractivity contribution in [3.8, 4) is 21.0 Å². The molecule has 0 radical (unpaired) electrons. The Labute approximate surface area is 245 Å². The Kier molecular flexibility index (Phi) is 6.81. The Morgan fingerprint density at radius 2 is 1.71 bits per heavy atom. The lowest BCUT2D eigenvalue weighted by atomic mass is 9.89. The lowest BCUT2D eigenvalue weighted by Gasteiger charge is -2.18. The number of anilines is 1. The van der Waals surface area contributed by atoms with Gasteiger partial charge in [-0.05, 0) is 54.7 Å². The topological polar surface area (TPSA) is 106 Å². The first-order valence-electron chi connectivity index (χ1n) is 12.9. The summed E-state index contributed by atoms with van der Waals surface area (Å²) in [5, 5.41) is 20.5. The summed E-state index contributed by atoms with van der Waals surface area (Å²) in [6, 6.07) is 16.9. The van der Waals surface area contributed by atoms with Crippen molar-refractivity contribution < 1.29 is 32.6 Å². The van der Waals surface area contributed by atoms with Gasteiger partial charge in [0.2, 0.25) is 0 Å². The van der Waals surface area contributed by atoms with Crippen molar-refractivity contribution in [1.82, 2.24) is 15.0 Å². The predicted octanol–water partition coefficient (Wildman–Crippen LogP) is 7.87. The maximum absolute atomic E-state index is 14.0. The fourth-order valence-corrected chi connectivity index (χ4v) is 7.29. The smallest absolute Gasteiger partial charge is 0.416 e. The molecule has 1 unspecified atom stereocenters. The highest BCUT2D eigenvalue weighted by Gasteiger charge is 2.55. The quantitative estimate of drug-likeness (QED) is 0.194. The molecule has 1 aliphatic rings. The van der Waals surface area contributed by atoms with Crippen molar-refractivity contribution in [3.05, 3.63) is 77.4 Å². The Balaban J connectivity index is 1.26. The Hall–Kier alpha value is -4.23. The maximum atomic E-state index is 14.0. The number of carbonyl (C=O) groups is 2. The summed E-state index contributed by atoms with van der Waals surface area (Å²) in [4.78, 5) is 25.7. The summed E-state index contributed by atoms with van der Waals surface area (Å²) in [7, 11) is 1.64. The van der Waals surface area contributed by atoms with E-state index in [9.17, 15) is 27.9 Å². The number of aromatic nitrogens is 3. The van der Waals surface area contributed by atoms with Crippen LogP contribution < -0.4 is 5.32 Å². The Bertz CT molecular complexity index is 1790. The highest BCUT2D eigenvalue weighted by molar-refractivity contribution is 7.31. The van der Waals surface area contributed by atoms with Gasteiger partial charge in [0, 0.05) is 21.3 Å². The van der Waals surface area contributed by atoms with Crippen LogP contribution in [0.4, 0.5) is 23.8 Å². The number of aliphatic carboxylic acids is 1. The highest BCUT2D eigenvalue weighted by Crippen LogP contribution is 2.53. The van der Waals surface area contributed by atoms with Crippen LogP contribution in [-0.4, -0.2) is 32.2 Å². The molecule has 0 aliphatic heterocycles. The van der Waals surface area contributed by atoms with Crippen LogP contribution in [0.2, 0.25) is 0 Å². The molecule has 0 saturated heterocycles. The average Bonchev–Trinajstić information content (AvgIpc) is 3.36. The van der Waals surface area contributed by atoms with E-state index in [1.54, 1.807) is 26.1 Å². The highest BCUT2D eigenvalue weighted by atomic mass is 32.1. The van der Waals surface area contributed by atoms with Gasteiger partial charge in [-0.2, -0.15) is 13.2 Å². The zero-order chi connectivity index (χ0) is 29.8. The van der Waals surface area contributed by atoms with Crippen LogP contribution in [0.1, 0.15) is 42.6 Å². The van der Waals surface area contributed by atoms with Gasteiger partial charge in [-0.15, -0.1) is 27.8 Å². The summed E-state index contributed by atoms with van der Waals surface area (Å²) in [5.74, 6) is -0.894. The molecule has 13 heteroatoms. The molecule has 6 rings (SSSR count). The third-order valence-corrected chi connectivity index (χ3v) is 9.67. The number of nitrogens with one attached hydrogen (secondary N) is 1. The molecular weight excluding hydrogens is 589 g/mol. The number of hydrogen-bond donors (Lipinski definition) is 2. The van der Waals surface area contributed by atoms with E-state index in [-0.39, 0.29) is 18.4 Å². The molecule has 2 N–H and O–H groups in total. The van der Waals surface area contributed by atoms with E-state index in [0.29, 0.717) is 26.8 Å².